The second-order valence-electron chi connectivity index (χ2n) is 9.37. The van der Waals surface area contributed by atoms with Crippen LogP contribution in [0.1, 0.15) is 55.2 Å². The van der Waals surface area contributed by atoms with Crippen LogP contribution in [0.4, 0.5) is 11.4 Å². The monoisotopic (exact) mass is 596 g/mol. The van der Waals surface area contributed by atoms with E-state index in [0.29, 0.717) is 16.1 Å². The average molecular weight is 598 g/mol. The highest BCUT2D eigenvalue weighted by molar-refractivity contribution is 9.09. The molecule has 202 valence electrons. The summed E-state index contributed by atoms with van der Waals surface area (Å²) < 4.78 is 25.3. The van der Waals surface area contributed by atoms with Gasteiger partial charge >= 0.3 is 0 Å². The van der Waals surface area contributed by atoms with Gasteiger partial charge in [0.25, 0.3) is 10.0 Å². The molecule has 3 aromatic rings. The van der Waals surface area contributed by atoms with Crippen LogP contribution in [0.25, 0.3) is 0 Å². The van der Waals surface area contributed by atoms with E-state index in [2.05, 4.69) is 50.1 Å². The second-order valence-corrected chi connectivity index (χ2v) is 12.3. The minimum atomic E-state index is -3.67. The third-order valence-corrected chi connectivity index (χ3v) is 8.48. The van der Waals surface area contributed by atoms with Gasteiger partial charge in [-0.25, -0.2) is 9.84 Å². The molecule has 8 heteroatoms. The molecule has 1 unspecified atom stereocenters. The third-order valence-electron chi connectivity index (χ3n) is 6.04. The first-order chi connectivity index (χ1) is 18.3. The van der Waals surface area contributed by atoms with E-state index in [9.17, 15) is 8.42 Å². The Bertz CT molecular complexity index is 1250. The lowest BCUT2D eigenvalue weighted by Crippen LogP contribution is -2.20. The maximum absolute atomic E-state index is 12.7. The van der Waals surface area contributed by atoms with Gasteiger partial charge in [-0.2, -0.15) is 18.6 Å². The highest BCUT2D eigenvalue weighted by Gasteiger charge is 2.19. The average Bonchev–Trinajstić information content (AvgIpc) is 2.88. The van der Waals surface area contributed by atoms with Gasteiger partial charge < -0.3 is 0 Å². The van der Waals surface area contributed by atoms with E-state index in [4.69, 9.17) is 5.10 Å². The molecule has 0 saturated heterocycles. The third kappa shape index (κ3) is 9.10. The number of anilines is 2. The Morgan fingerprint density at radius 2 is 1.34 bits per heavy atom. The fourth-order valence-corrected chi connectivity index (χ4v) is 6.29. The predicted octanol–water partition coefficient (Wildman–Crippen LogP) is 7.80. The Morgan fingerprint density at radius 3 is 1.87 bits per heavy atom. The quantitative estimate of drug-likeness (QED) is 0.0892. The van der Waals surface area contributed by atoms with Crippen molar-refractivity contribution in [2.24, 2.45) is 10.2 Å². The van der Waals surface area contributed by atoms with E-state index in [1.807, 2.05) is 80.5 Å². The fraction of sp³-hybridized carbons (Fsp3) is 0.333. The molecule has 0 bridgehead atoms. The van der Waals surface area contributed by atoms with Gasteiger partial charge in [0.05, 0.1) is 16.3 Å². The van der Waals surface area contributed by atoms with Gasteiger partial charge in [0.2, 0.25) is 0 Å². The summed E-state index contributed by atoms with van der Waals surface area (Å²) in [6, 6.07) is 24.0. The number of benzene rings is 3. The Morgan fingerprint density at radius 1 is 0.842 bits per heavy atom. The summed E-state index contributed by atoms with van der Waals surface area (Å²) in [5.41, 5.74) is 4.55. The largest absolute Gasteiger partial charge is 0.277 e. The lowest BCUT2D eigenvalue weighted by atomic mass is 10.1. The van der Waals surface area contributed by atoms with Gasteiger partial charge in [-0.05, 0) is 94.7 Å². The lowest BCUT2D eigenvalue weighted by Gasteiger charge is -2.19. The summed E-state index contributed by atoms with van der Waals surface area (Å²) in [6.45, 7) is 5.57. The van der Waals surface area contributed by atoms with E-state index in [1.54, 1.807) is 6.21 Å². The zero-order valence-electron chi connectivity index (χ0n) is 22.3. The minimum absolute atomic E-state index is 0.306. The number of rotatable bonds is 14. The van der Waals surface area contributed by atoms with Gasteiger partial charge in [-0.3, -0.25) is 0 Å². The van der Waals surface area contributed by atoms with Crippen LogP contribution in [0.15, 0.2) is 87.9 Å². The van der Waals surface area contributed by atoms with E-state index in [1.165, 1.54) is 0 Å². The summed E-state index contributed by atoms with van der Waals surface area (Å²) in [4.78, 5) is 3.06. The molecule has 0 aliphatic heterocycles. The van der Waals surface area contributed by atoms with Crippen molar-refractivity contribution in [3.63, 3.8) is 0 Å². The molecule has 0 spiro atoms. The molecule has 0 aromatic heterocycles. The molecule has 3 aromatic carbocycles. The molecular weight excluding hydrogens is 560 g/mol. The van der Waals surface area contributed by atoms with E-state index >= 15 is 0 Å². The Kier molecular flexibility index (Phi) is 11.5. The molecule has 0 aliphatic rings. The first-order valence-corrected chi connectivity index (χ1v) is 15.4. The van der Waals surface area contributed by atoms with Crippen LogP contribution in [-0.2, 0) is 10.0 Å². The van der Waals surface area contributed by atoms with Crippen LogP contribution in [-0.4, -0.2) is 25.7 Å². The zero-order valence-corrected chi connectivity index (χ0v) is 24.7. The van der Waals surface area contributed by atoms with Crippen molar-refractivity contribution in [2.45, 2.75) is 69.0 Å². The normalized spacial score (nSPS) is 12.7. The van der Waals surface area contributed by atoms with E-state index in [-0.39, 0.29) is 0 Å². The summed E-state index contributed by atoms with van der Waals surface area (Å²) >= 11 is 3.77. The lowest BCUT2D eigenvalue weighted by molar-refractivity contribution is 0.583. The molecule has 0 saturated carbocycles. The second kappa shape index (κ2) is 14.8. The number of para-hydroxylation sites is 2. The minimum Gasteiger partial charge on any atom is -0.234 e. The summed E-state index contributed by atoms with van der Waals surface area (Å²) in [5, 5.41) is 10.7. The number of hydrazone groups is 2. The molecule has 3 rings (SSSR count). The topological polar surface area (TPSA) is 74.1 Å². The zero-order chi connectivity index (χ0) is 27.4. The number of hydrogen-bond donors (Lipinski definition) is 1. The molecule has 38 heavy (non-hydrogen) atoms. The molecule has 0 amide bonds. The molecule has 0 heterocycles. The Labute approximate surface area is 236 Å². The Hall–Kier alpha value is -2.97. The van der Waals surface area contributed by atoms with Crippen LogP contribution in [0, 0.1) is 20.8 Å². The van der Waals surface area contributed by atoms with Crippen molar-refractivity contribution in [1.82, 2.24) is 4.83 Å². The van der Waals surface area contributed by atoms with Gasteiger partial charge in [0, 0.05) is 17.3 Å². The van der Waals surface area contributed by atoms with Crippen LogP contribution in [0.2, 0.25) is 0 Å². The van der Waals surface area contributed by atoms with Crippen molar-refractivity contribution in [3.8, 4) is 0 Å². The molecule has 6 nitrogen and oxygen atoms in total. The summed E-state index contributed by atoms with van der Waals surface area (Å²) in [6.07, 6.45) is 9.21. The standard InChI is InChI=1S/C30H37BrN4O2S/c1-24-22-25(2)30(26(3)23-24)38(36,37)34-32-20-12-10-14-27(31)15-11-13-21-33-35(28-16-6-4-7-17-28)29-18-8-5-9-19-29/h4-9,16-23,27,34H,10-15H2,1-3H3/b32-20+,33-21+. The van der Waals surface area contributed by atoms with Crippen LogP contribution in [0.3, 0.4) is 0 Å². The van der Waals surface area contributed by atoms with Crippen molar-refractivity contribution < 1.29 is 8.42 Å². The SMILES string of the molecule is Cc1cc(C)c(S(=O)(=O)N/N=C/CCCC(Br)CCC/C=N/N(c2ccccc2)c2ccccc2)c(C)c1. The summed E-state index contributed by atoms with van der Waals surface area (Å²) in [7, 11) is -3.67. The molecule has 0 radical (unpaired) electrons. The molecule has 1 N–H and O–H groups in total. The number of halogens is 1. The number of hydrogen-bond acceptors (Lipinski definition) is 5. The molecule has 0 fully saturated rings. The van der Waals surface area contributed by atoms with Gasteiger partial charge in [-0.15, -0.1) is 0 Å². The van der Waals surface area contributed by atoms with Crippen molar-refractivity contribution >= 4 is 49.8 Å². The number of unbranched alkanes of at least 4 members (excludes halogenated alkanes) is 2. The molecule has 0 aliphatic carbocycles. The van der Waals surface area contributed by atoms with Gasteiger partial charge in [0.1, 0.15) is 0 Å². The number of sulfonamides is 1. The highest BCUT2D eigenvalue weighted by Crippen LogP contribution is 2.25. The van der Waals surface area contributed by atoms with Crippen molar-refractivity contribution in [3.05, 3.63) is 89.5 Å². The van der Waals surface area contributed by atoms with E-state index < -0.39 is 10.0 Å². The first kappa shape index (κ1) is 29.6. The Balaban J connectivity index is 1.38. The smallest absolute Gasteiger partial charge is 0.234 e. The van der Waals surface area contributed by atoms with Crippen LogP contribution < -0.4 is 9.84 Å². The maximum Gasteiger partial charge on any atom is 0.277 e. The van der Waals surface area contributed by atoms with Gasteiger partial charge in [0.15, 0.2) is 0 Å². The van der Waals surface area contributed by atoms with E-state index in [0.717, 1.165) is 60.2 Å². The van der Waals surface area contributed by atoms with Crippen LogP contribution in [0.5, 0.6) is 0 Å². The predicted molar refractivity (Wildman–Crippen MR) is 163 cm³/mol. The molecule has 1 atom stereocenters. The number of alkyl halides is 1. The highest BCUT2D eigenvalue weighted by atomic mass is 79.9. The van der Waals surface area contributed by atoms with Gasteiger partial charge in [-0.1, -0.05) is 70.0 Å². The van der Waals surface area contributed by atoms with Crippen LogP contribution >= 0.6 is 15.9 Å². The fourth-order valence-electron chi connectivity index (χ4n) is 4.37. The number of nitrogens with zero attached hydrogens (tertiary/aromatic N) is 3. The molecular formula is C30H37BrN4O2S. The maximum atomic E-state index is 12.7. The number of aryl methyl sites for hydroxylation is 3. The van der Waals surface area contributed by atoms with Crippen molar-refractivity contribution in [2.75, 3.05) is 5.01 Å². The summed E-state index contributed by atoms with van der Waals surface area (Å²) in [5.74, 6) is 0. The van der Waals surface area contributed by atoms with Crippen molar-refractivity contribution in [1.29, 1.82) is 0 Å². The number of nitrogens with one attached hydrogen (secondary N) is 1. The first-order valence-electron chi connectivity index (χ1n) is 13.0.